The zero-order valence-electron chi connectivity index (χ0n) is 15.1. The van der Waals surface area contributed by atoms with Crippen molar-refractivity contribution < 1.29 is 8.78 Å². The molecule has 4 heterocycles. The van der Waals surface area contributed by atoms with E-state index in [0.717, 1.165) is 54.3 Å². The number of hydrogen-bond acceptors (Lipinski definition) is 7. The number of halogens is 2. The third kappa shape index (κ3) is 2.91. The highest BCUT2D eigenvalue weighted by molar-refractivity contribution is 7.18. The lowest BCUT2D eigenvalue weighted by Crippen LogP contribution is -2.47. The maximum atomic E-state index is 13.5. The summed E-state index contributed by atoms with van der Waals surface area (Å²) in [4.78, 5) is 24.1. The van der Waals surface area contributed by atoms with E-state index in [2.05, 4.69) is 42.7 Å². The largest absolute Gasteiger partial charge is 0.352 e. The monoisotopic (exact) mass is 398 g/mol. The Hall–Kier alpha value is -2.94. The average molecular weight is 398 g/mol. The van der Waals surface area contributed by atoms with E-state index in [1.165, 1.54) is 4.88 Å². The van der Waals surface area contributed by atoms with Crippen LogP contribution in [-0.2, 0) is 0 Å². The van der Waals surface area contributed by atoms with Gasteiger partial charge in [-0.25, -0.2) is 23.7 Å². The second-order valence-corrected chi connectivity index (χ2v) is 7.97. The number of hydrogen-bond donors (Lipinski definition) is 0. The summed E-state index contributed by atoms with van der Waals surface area (Å²) in [6.07, 6.45) is 3.23. The molecule has 1 aliphatic rings. The molecule has 9 heteroatoms. The third-order valence-corrected chi connectivity index (χ3v) is 5.86. The summed E-state index contributed by atoms with van der Waals surface area (Å²) in [6.45, 7) is 5.09. The fraction of sp³-hybridized carbons (Fsp3) is 0.263. The highest BCUT2D eigenvalue weighted by atomic mass is 32.1. The molecule has 1 aliphatic heterocycles. The highest BCUT2D eigenvalue weighted by Crippen LogP contribution is 2.30. The first-order valence-electron chi connectivity index (χ1n) is 8.91. The van der Waals surface area contributed by atoms with E-state index in [1.807, 2.05) is 0 Å². The van der Waals surface area contributed by atoms with Crippen LogP contribution in [0.1, 0.15) is 4.88 Å². The Bertz CT molecular complexity index is 1190. The van der Waals surface area contributed by atoms with Crippen molar-refractivity contribution in [1.82, 2.24) is 19.9 Å². The standard InChI is InChI=1S/C19H16F2N6S/c1-11-6-12-18(23-10-24-19(12)28-11)27-4-2-26(3-5-27)17-9-22-15-7-13(20)14(21)8-16(15)25-17/h6-10H,2-5H2,1H3. The van der Waals surface area contributed by atoms with Gasteiger partial charge < -0.3 is 9.80 Å². The van der Waals surface area contributed by atoms with Gasteiger partial charge in [-0.15, -0.1) is 11.3 Å². The Balaban J connectivity index is 1.38. The van der Waals surface area contributed by atoms with E-state index >= 15 is 0 Å². The number of aryl methyl sites for hydroxylation is 1. The third-order valence-electron chi connectivity index (χ3n) is 4.91. The van der Waals surface area contributed by atoms with Crippen LogP contribution in [0, 0.1) is 18.6 Å². The van der Waals surface area contributed by atoms with Gasteiger partial charge >= 0.3 is 0 Å². The second-order valence-electron chi connectivity index (χ2n) is 6.73. The van der Waals surface area contributed by atoms with Gasteiger partial charge in [0.2, 0.25) is 0 Å². The number of piperazine rings is 1. The zero-order valence-corrected chi connectivity index (χ0v) is 15.9. The van der Waals surface area contributed by atoms with Crippen molar-refractivity contribution in [3.8, 4) is 0 Å². The van der Waals surface area contributed by atoms with E-state index in [0.29, 0.717) is 16.9 Å². The Morgan fingerprint density at radius 1 is 0.893 bits per heavy atom. The summed E-state index contributed by atoms with van der Waals surface area (Å²) in [7, 11) is 0. The summed E-state index contributed by atoms with van der Waals surface area (Å²) in [5.41, 5.74) is 0.697. The molecule has 3 aromatic heterocycles. The maximum absolute atomic E-state index is 13.5. The van der Waals surface area contributed by atoms with Crippen LogP contribution >= 0.6 is 11.3 Å². The van der Waals surface area contributed by atoms with Gasteiger partial charge in [0.05, 0.1) is 22.6 Å². The van der Waals surface area contributed by atoms with Gasteiger partial charge in [0.1, 0.15) is 22.8 Å². The zero-order chi connectivity index (χ0) is 19.3. The Kier molecular flexibility index (Phi) is 4.04. The summed E-state index contributed by atoms with van der Waals surface area (Å²) in [5, 5.41) is 1.08. The van der Waals surface area contributed by atoms with Crippen LogP contribution in [0.15, 0.2) is 30.7 Å². The number of nitrogens with zero attached hydrogens (tertiary/aromatic N) is 6. The smallest absolute Gasteiger partial charge is 0.161 e. The average Bonchev–Trinajstić information content (AvgIpc) is 3.09. The minimum absolute atomic E-state index is 0.345. The van der Waals surface area contributed by atoms with Crippen LogP contribution in [0.3, 0.4) is 0 Å². The number of fused-ring (bicyclic) bond motifs is 2. The topological polar surface area (TPSA) is 58.0 Å². The molecule has 1 fully saturated rings. The summed E-state index contributed by atoms with van der Waals surface area (Å²) in [5.74, 6) is -0.209. The predicted molar refractivity (Wildman–Crippen MR) is 106 cm³/mol. The minimum atomic E-state index is -0.914. The first-order chi connectivity index (χ1) is 13.6. The quantitative estimate of drug-likeness (QED) is 0.515. The van der Waals surface area contributed by atoms with E-state index in [1.54, 1.807) is 23.9 Å². The normalized spacial score (nSPS) is 15.0. The summed E-state index contributed by atoms with van der Waals surface area (Å²) >= 11 is 1.67. The van der Waals surface area contributed by atoms with E-state index in [-0.39, 0.29) is 0 Å². The van der Waals surface area contributed by atoms with Crippen molar-refractivity contribution in [2.24, 2.45) is 0 Å². The van der Waals surface area contributed by atoms with Crippen LogP contribution in [0.25, 0.3) is 21.3 Å². The molecule has 4 aromatic rings. The van der Waals surface area contributed by atoms with Crippen molar-refractivity contribution in [2.75, 3.05) is 36.0 Å². The number of anilines is 2. The molecule has 0 amide bonds. The first-order valence-corrected chi connectivity index (χ1v) is 9.73. The SMILES string of the molecule is Cc1cc2c(N3CCN(c4cnc5cc(F)c(F)cc5n4)CC3)ncnc2s1. The van der Waals surface area contributed by atoms with Crippen LogP contribution in [0.5, 0.6) is 0 Å². The minimum Gasteiger partial charge on any atom is -0.352 e. The highest BCUT2D eigenvalue weighted by Gasteiger charge is 2.22. The molecule has 0 atom stereocenters. The van der Waals surface area contributed by atoms with Gasteiger partial charge in [0, 0.05) is 43.2 Å². The van der Waals surface area contributed by atoms with Gasteiger partial charge in [-0.05, 0) is 13.0 Å². The van der Waals surface area contributed by atoms with Crippen molar-refractivity contribution >= 4 is 44.2 Å². The van der Waals surface area contributed by atoms with Crippen molar-refractivity contribution in [2.45, 2.75) is 6.92 Å². The van der Waals surface area contributed by atoms with E-state index in [9.17, 15) is 8.78 Å². The molecule has 0 N–H and O–H groups in total. The number of aromatic nitrogens is 4. The Morgan fingerprint density at radius 2 is 1.61 bits per heavy atom. The lowest BCUT2D eigenvalue weighted by Gasteiger charge is -2.36. The fourth-order valence-electron chi connectivity index (χ4n) is 3.51. The molecular weight excluding hydrogens is 382 g/mol. The predicted octanol–water partition coefficient (Wildman–Crippen LogP) is 3.55. The molecular formula is C19H16F2N6S. The molecule has 1 aromatic carbocycles. The molecule has 0 unspecified atom stereocenters. The van der Waals surface area contributed by atoms with Gasteiger partial charge in [-0.2, -0.15) is 0 Å². The lowest BCUT2D eigenvalue weighted by atomic mass is 10.2. The number of benzene rings is 1. The van der Waals surface area contributed by atoms with Crippen LogP contribution in [0.4, 0.5) is 20.4 Å². The molecule has 0 spiro atoms. The van der Waals surface area contributed by atoms with E-state index < -0.39 is 11.6 Å². The molecule has 5 rings (SSSR count). The number of rotatable bonds is 2. The van der Waals surface area contributed by atoms with Gasteiger partial charge in [0.15, 0.2) is 11.6 Å². The summed E-state index contributed by atoms with van der Waals surface area (Å²) in [6, 6.07) is 4.29. The van der Waals surface area contributed by atoms with Crippen molar-refractivity contribution in [1.29, 1.82) is 0 Å². The Labute approximate surface area is 163 Å². The molecule has 28 heavy (non-hydrogen) atoms. The first kappa shape index (κ1) is 17.2. The summed E-state index contributed by atoms with van der Waals surface area (Å²) < 4.78 is 26.9. The maximum Gasteiger partial charge on any atom is 0.161 e. The number of thiophene rings is 1. The molecule has 0 aliphatic carbocycles. The van der Waals surface area contributed by atoms with E-state index in [4.69, 9.17) is 0 Å². The van der Waals surface area contributed by atoms with Crippen LogP contribution in [-0.4, -0.2) is 46.1 Å². The van der Waals surface area contributed by atoms with Gasteiger partial charge in [-0.3, -0.25) is 4.98 Å². The van der Waals surface area contributed by atoms with Gasteiger partial charge in [0.25, 0.3) is 0 Å². The van der Waals surface area contributed by atoms with Crippen molar-refractivity contribution in [3.63, 3.8) is 0 Å². The van der Waals surface area contributed by atoms with Crippen molar-refractivity contribution in [3.05, 3.63) is 47.2 Å². The molecule has 142 valence electrons. The molecule has 0 saturated carbocycles. The molecule has 6 nitrogen and oxygen atoms in total. The van der Waals surface area contributed by atoms with Crippen LogP contribution < -0.4 is 9.80 Å². The molecule has 0 radical (unpaired) electrons. The fourth-order valence-corrected chi connectivity index (χ4v) is 4.36. The molecule has 0 bridgehead atoms. The van der Waals surface area contributed by atoms with Crippen LogP contribution in [0.2, 0.25) is 0 Å². The molecule has 1 saturated heterocycles. The lowest BCUT2D eigenvalue weighted by molar-refractivity contribution is 0.510. The van der Waals surface area contributed by atoms with Gasteiger partial charge in [-0.1, -0.05) is 0 Å². The Morgan fingerprint density at radius 3 is 2.39 bits per heavy atom. The second kappa shape index (κ2) is 6.59.